The van der Waals surface area contributed by atoms with E-state index in [9.17, 15) is 9.59 Å². The van der Waals surface area contributed by atoms with Crippen LogP contribution in [0.1, 0.15) is 34.1 Å². The van der Waals surface area contributed by atoms with Crippen molar-refractivity contribution in [3.05, 3.63) is 0 Å². The van der Waals surface area contributed by atoms with Crippen LogP contribution in [-0.2, 0) is 9.53 Å². The first-order chi connectivity index (χ1) is 8.14. The topological polar surface area (TPSA) is 87.7 Å². The van der Waals surface area contributed by atoms with Crippen LogP contribution in [0.5, 0.6) is 0 Å². The fourth-order valence-corrected chi connectivity index (χ4v) is 1.86. The molecular weight excluding hydrogens is 236 g/mol. The minimum Gasteiger partial charge on any atom is -0.480 e. The van der Waals surface area contributed by atoms with E-state index in [0.29, 0.717) is 13.2 Å². The van der Waals surface area contributed by atoms with E-state index in [1.807, 2.05) is 6.92 Å². The first kappa shape index (κ1) is 14.8. The zero-order valence-corrected chi connectivity index (χ0v) is 11.4. The standard InChI is InChI=1S/C12H22N2O4/c1-11(2,3)8(9(15)16)13-10(17)14-12(4)5-6-18-7-12/h8H,5-7H2,1-4H3,(H,15,16)(H2,13,14,17)/t8-,12?/m0/s1. The molecule has 1 aliphatic heterocycles. The van der Waals surface area contributed by atoms with Gasteiger partial charge in [-0.15, -0.1) is 0 Å². The van der Waals surface area contributed by atoms with E-state index in [-0.39, 0.29) is 0 Å². The molecule has 6 heteroatoms. The number of carboxylic acid groups (broad SMARTS) is 1. The van der Waals surface area contributed by atoms with Crippen molar-refractivity contribution in [2.45, 2.75) is 45.7 Å². The lowest BCUT2D eigenvalue weighted by atomic mass is 9.87. The lowest BCUT2D eigenvalue weighted by Gasteiger charge is -2.30. The number of aliphatic carboxylic acids is 1. The zero-order valence-electron chi connectivity index (χ0n) is 11.4. The molecule has 1 unspecified atom stereocenters. The molecule has 3 N–H and O–H groups in total. The Morgan fingerprint density at radius 3 is 2.39 bits per heavy atom. The Bertz CT molecular complexity index is 329. The Morgan fingerprint density at radius 1 is 1.39 bits per heavy atom. The highest BCUT2D eigenvalue weighted by Crippen LogP contribution is 2.20. The predicted molar refractivity (Wildman–Crippen MR) is 66.4 cm³/mol. The van der Waals surface area contributed by atoms with Gasteiger partial charge in [0.25, 0.3) is 0 Å². The molecule has 104 valence electrons. The second kappa shape index (κ2) is 5.14. The molecule has 1 aliphatic rings. The SMILES string of the molecule is CC1(NC(=O)N[C@@H](C(=O)O)C(C)(C)C)CCOC1. The Hall–Kier alpha value is -1.30. The van der Waals surface area contributed by atoms with E-state index in [4.69, 9.17) is 9.84 Å². The molecule has 2 amide bonds. The number of hydrogen-bond donors (Lipinski definition) is 3. The van der Waals surface area contributed by atoms with Gasteiger partial charge in [-0.05, 0) is 18.8 Å². The maximum Gasteiger partial charge on any atom is 0.326 e. The van der Waals surface area contributed by atoms with Gasteiger partial charge in [-0.25, -0.2) is 9.59 Å². The number of carbonyl (C=O) groups is 2. The summed E-state index contributed by atoms with van der Waals surface area (Å²) < 4.78 is 5.22. The van der Waals surface area contributed by atoms with E-state index < -0.39 is 29.0 Å². The Morgan fingerprint density at radius 2 is 2.00 bits per heavy atom. The Kier molecular flexibility index (Phi) is 4.21. The highest BCUT2D eigenvalue weighted by molar-refractivity contribution is 5.83. The molecule has 0 aromatic carbocycles. The summed E-state index contributed by atoms with van der Waals surface area (Å²) in [6.07, 6.45) is 0.730. The van der Waals surface area contributed by atoms with Crippen LogP contribution in [0.25, 0.3) is 0 Å². The first-order valence-electron chi connectivity index (χ1n) is 6.03. The second-order valence-corrected chi connectivity index (χ2v) is 6.10. The van der Waals surface area contributed by atoms with E-state index in [2.05, 4.69) is 10.6 Å². The second-order valence-electron chi connectivity index (χ2n) is 6.10. The number of carboxylic acids is 1. The fourth-order valence-electron chi connectivity index (χ4n) is 1.86. The molecule has 0 radical (unpaired) electrons. The Balaban J connectivity index is 2.60. The van der Waals surface area contributed by atoms with Crippen molar-refractivity contribution in [1.29, 1.82) is 0 Å². The summed E-state index contributed by atoms with van der Waals surface area (Å²) in [5.74, 6) is -1.04. The molecular formula is C12H22N2O4. The van der Waals surface area contributed by atoms with Gasteiger partial charge in [-0.2, -0.15) is 0 Å². The van der Waals surface area contributed by atoms with Gasteiger partial charge in [0, 0.05) is 6.61 Å². The molecule has 6 nitrogen and oxygen atoms in total. The number of amides is 2. The maximum atomic E-state index is 11.8. The number of urea groups is 1. The van der Waals surface area contributed by atoms with Crippen LogP contribution in [0.3, 0.4) is 0 Å². The van der Waals surface area contributed by atoms with Crippen molar-refractivity contribution in [3.8, 4) is 0 Å². The van der Waals surface area contributed by atoms with Crippen LogP contribution in [0.15, 0.2) is 0 Å². The van der Waals surface area contributed by atoms with Crippen LogP contribution >= 0.6 is 0 Å². The molecule has 1 rings (SSSR count). The largest absolute Gasteiger partial charge is 0.480 e. The molecule has 2 atom stereocenters. The van der Waals surface area contributed by atoms with Crippen molar-refractivity contribution in [2.75, 3.05) is 13.2 Å². The van der Waals surface area contributed by atoms with Crippen LogP contribution < -0.4 is 10.6 Å². The molecule has 1 saturated heterocycles. The number of nitrogens with one attached hydrogen (secondary N) is 2. The van der Waals surface area contributed by atoms with Crippen molar-refractivity contribution in [2.24, 2.45) is 5.41 Å². The van der Waals surface area contributed by atoms with E-state index in [1.165, 1.54) is 0 Å². The van der Waals surface area contributed by atoms with E-state index in [0.717, 1.165) is 6.42 Å². The first-order valence-corrected chi connectivity index (χ1v) is 6.03. The predicted octanol–water partition coefficient (Wildman–Crippen LogP) is 0.964. The van der Waals surface area contributed by atoms with Gasteiger partial charge in [0.1, 0.15) is 6.04 Å². The third-order valence-corrected chi connectivity index (χ3v) is 3.02. The van der Waals surface area contributed by atoms with Gasteiger partial charge in [-0.3, -0.25) is 0 Å². The fraction of sp³-hybridized carbons (Fsp3) is 0.833. The molecule has 1 heterocycles. The average Bonchev–Trinajstić information content (AvgIpc) is 2.59. The number of hydrogen-bond acceptors (Lipinski definition) is 3. The summed E-state index contributed by atoms with van der Waals surface area (Å²) in [6.45, 7) is 8.25. The normalized spacial score (nSPS) is 25.6. The van der Waals surface area contributed by atoms with Crippen LogP contribution in [0.4, 0.5) is 4.79 Å². The summed E-state index contributed by atoms with van der Waals surface area (Å²) in [5, 5.41) is 14.4. The molecule has 0 aliphatic carbocycles. The van der Waals surface area contributed by atoms with Crippen molar-refractivity contribution in [1.82, 2.24) is 10.6 Å². The Labute approximate surface area is 107 Å². The van der Waals surface area contributed by atoms with Gasteiger partial charge >= 0.3 is 12.0 Å². The summed E-state index contributed by atoms with van der Waals surface area (Å²) >= 11 is 0. The molecule has 18 heavy (non-hydrogen) atoms. The molecule has 0 aromatic rings. The van der Waals surface area contributed by atoms with Gasteiger partial charge in [0.15, 0.2) is 0 Å². The van der Waals surface area contributed by atoms with Crippen LogP contribution in [0, 0.1) is 5.41 Å². The number of ether oxygens (including phenoxy) is 1. The summed E-state index contributed by atoms with van der Waals surface area (Å²) in [7, 11) is 0. The summed E-state index contributed by atoms with van der Waals surface area (Å²) in [4.78, 5) is 23.0. The van der Waals surface area contributed by atoms with Crippen LogP contribution in [0.2, 0.25) is 0 Å². The third kappa shape index (κ3) is 3.87. The third-order valence-electron chi connectivity index (χ3n) is 3.02. The average molecular weight is 258 g/mol. The highest BCUT2D eigenvalue weighted by Gasteiger charge is 2.36. The quantitative estimate of drug-likeness (QED) is 0.703. The van der Waals surface area contributed by atoms with Crippen LogP contribution in [-0.4, -0.2) is 41.9 Å². The summed E-state index contributed by atoms with van der Waals surface area (Å²) in [5.41, 5.74) is -0.957. The molecule has 1 fully saturated rings. The molecule has 0 spiro atoms. The number of rotatable bonds is 3. The van der Waals surface area contributed by atoms with Gasteiger partial charge < -0.3 is 20.5 Å². The minimum absolute atomic E-state index is 0.412. The van der Waals surface area contributed by atoms with Crippen molar-refractivity contribution < 1.29 is 19.4 Å². The molecule has 0 aromatic heterocycles. The minimum atomic E-state index is -1.04. The lowest BCUT2D eigenvalue weighted by molar-refractivity contribution is -0.141. The maximum absolute atomic E-state index is 11.8. The van der Waals surface area contributed by atoms with E-state index >= 15 is 0 Å². The van der Waals surface area contributed by atoms with Crippen molar-refractivity contribution >= 4 is 12.0 Å². The van der Waals surface area contributed by atoms with E-state index in [1.54, 1.807) is 20.8 Å². The summed E-state index contributed by atoms with van der Waals surface area (Å²) in [6, 6.07) is -1.39. The monoisotopic (exact) mass is 258 g/mol. The zero-order chi connectivity index (χ0) is 14.0. The smallest absolute Gasteiger partial charge is 0.326 e. The van der Waals surface area contributed by atoms with Gasteiger partial charge in [0.05, 0.1) is 12.1 Å². The van der Waals surface area contributed by atoms with Crippen molar-refractivity contribution in [3.63, 3.8) is 0 Å². The lowest BCUT2D eigenvalue weighted by Crippen LogP contribution is -2.57. The molecule has 0 saturated carbocycles. The molecule has 0 bridgehead atoms. The van der Waals surface area contributed by atoms with Gasteiger partial charge in [-0.1, -0.05) is 20.8 Å². The highest BCUT2D eigenvalue weighted by atomic mass is 16.5. The number of carbonyl (C=O) groups excluding carboxylic acids is 1. The van der Waals surface area contributed by atoms with Gasteiger partial charge in [0.2, 0.25) is 0 Å².